The maximum atomic E-state index is 12.8. The van der Waals surface area contributed by atoms with Gasteiger partial charge in [0.05, 0.1) is 18.5 Å². The van der Waals surface area contributed by atoms with Crippen LogP contribution in [0.1, 0.15) is 28.5 Å². The van der Waals surface area contributed by atoms with Gasteiger partial charge in [-0.3, -0.25) is 14.8 Å². The van der Waals surface area contributed by atoms with Crippen LogP contribution < -0.4 is 0 Å². The van der Waals surface area contributed by atoms with Crippen molar-refractivity contribution in [2.45, 2.75) is 13.3 Å². The molecule has 1 aliphatic heterocycles. The Morgan fingerprint density at radius 1 is 1.29 bits per heavy atom. The standard InChI is InChI=1S/C18H15N5O/c1-12-6-13(9-20-12)14-7-16(18-21-11-22-23(18)10-14)17(24)8-15-4-2-3-5-19-15/h2-7,10-11H,8-9H2,1H3. The molecule has 4 heterocycles. The third-order valence-corrected chi connectivity index (χ3v) is 4.00. The molecule has 0 spiro atoms. The number of Topliss-reactive ketones (excluding diaryl/α,β-unsaturated/α-hetero) is 1. The van der Waals surface area contributed by atoms with Crippen molar-refractivity contribution < 1.29 is 4.79 Å². The molecule has 0 saturated heterocycles. The maximum absolute atomic E-state index is 12.8. The predicted molar refractivity (Wildman–Crippen MR) is 91.2 cm³/mol. The highest BCUT2D eigenvalue weighted by Crippen LogP contribution is 2.23. The average molecular weight is 317 g/mol. The summed E-state index contributed by atoms with van der Waals surface area (Å²) in [5.41, 5.74) is 4.88. The zero-order valence-electron chi connectivity index (χ0n) is 13.2. The molecule has 3 aromatic heterocycles. The highest BCUT2D eigenvalue weighted by atomic mass is 16.1. The SMILES string of the molecule is CC1=NCC(c2cc(C(=O)Cc3ccccn3)c3ncnn3c2)=C1. The summed E-state index contributed by atoms with van der Waals surface area (Å²) in [6, 6.07) is 7.44. The molecule has 0 aromatic carbocycles. The van der Waals surface area contributed by atoms with Gasteiger partial charge in [-0.2, -0.15) is 5.10 Å². The first-order valence-electron chi connectivity index (χ1n) is 7.69. The van der Waals surface area contributed by atoms with E-state index in [0.717, 1.165) is 22.5 Å². The monoisotopic (exact) mass is 317 g/mol. The fourth-order valence-corrected chi connectivity index (χ4v) is 2.80. The number of ketones is 1. The summed E-state index contributed by atoms with van der Waals surface area (Å²) in [5.74, 6) is -0.0233. The minimum Gasteiger partial charge on any atom is -0.294 e. The zero-order chi connectivity index (χ0) is 16.5. The number of fused-ring (bicyclic) bond motifs is 1. The van der Waals surface area contributed by atoms with Crippen LogP contribution in [-0.4, -0.2) is 37.6 Å². The summed E-state index contributed by atoms with van der Waals surface area (Å²) in [5, 5.41) is 4.19. The fraction of sp³-hybridized carbons (Fsp3) is 0.167. The van der Waals surface area contributed by atoms with Gasteiger partial charge in [0.2, 0.25) is 0 Å². The largest absolute Gasteiger partial charge is 0.294 e. The van der Waals surface area contributed by atoms with E-state index >= 15 is 0 Å². The van der Waals surface area contributed by atoms with E-state index in [0.29, 0.717) is 17.8 Å². The number of allylic oxidation sites excluding steroid dienone is 1. The van der Waals surface area contributed by atoms with Gasteiger partial charge in [-0.05, 0) is 42.3 Å². The third-order valence-electron chi connectivity index (χ3n) is 4.00. The lowest BCUT2D eigenvalue weighted by atomic mass is 10.0. The number of aromatic nitrogens is 4. The highest BCUT2D eigenvalue weighted by molar-refractivity contribution is 6.05. The molecule has 0 bridgehead atoms. The van der Waals surface area contributed by atoms with Gasteiger partial charge >= 0.3 is 0 Å². The predicted octanol–water partition coefficient (Wildman–Crippen LogP) is 2.41. The molecule has 0 unspecified atom stereocenters. The number of carbonyl (C=O) groups is 1. The Labute approximate surface area is 138 Å². The maximum Gasteiger partial charge on any atom is 0.172 e. The first kappa shape index (κ1) is 14.4. The molecule has 6 nitrogen and oxygen atoms in total. The van der Waals surface area contributed by atoms with Crippen molar-refractivity contribution in [2.75, 3.05) is 6.54 Å². The Kier molecular flexibility index (Phi) is 3.49. The second kappa shape index (κ2) is 5.81. The van der Waals surface area contributed by atoms with Crippen LogP contribution in [0.4, 0.5) is 0 Å². The zero-order valence-corrected chi connectivity index (χ0v) is 13.2. The Balaban J connectivity index is 1.75. The van der Waals surface area contributed by atoms with Gasteiger partial charge in [-0.15, -0.1) is 0 Å². The summed E-state index contributed by atoms with van der Waals surface area (Å²) < 4.78 is 1.65. The van der Waals surface area contributed by atoms with Gasteiger partial charge in [-0.1, -0.05) is 6.07 Å². The molecule has 0 radical (unpaired) electrons. The second-order valence-electron chi connectivity index (χ2n) is 5.72. The third kappa shape index (κ3) is 2.62. The molecule has 0 N–H and O–H groups in total. The van der Waals surface area contributed by atoms with E-state index < -0.39 is 0 Å². The van der Waals surface area contributed by atoms with Gasteiger partial charge in [0.15, 0.2) is 11.4 Å². The van der Waals surface area contributed by atoms with Gasteiger partial charge in [0.25, 0.3) is 0 Å². The summed E-state index contributed by atoms with van der Waals surface area (Å²) >= 11 is 0. The van der Waals surface area contributed by atoms with Crippen molar-refractivity contribution in [3.63, 3.8) is 0 Å². The van der Waals surface area contributed by atoms with Crippen LogP contribution in [0, 0.1) is 0 Å². The first-order chi connectivity index (χ1) is 11.7. The van der Waals surface area contributed by atoms with Crippen molar-refractivity contribution in [3.8, 4) is 0 Å². The van der Waals surface area contributed by atoms with E-state index in [1.54, 1.807) is 10.7 Å². The number of carbonyl (C=O) groups excluding carboxylic acids is 1. The minimum atomic E-state index is -0.0233. The molecule has 0 fully saturated rings. The lowest BCUT2D eigenvalue weighted by molar-refractivity contribution is 0.0993. The van der Waals surface area contributed by atoms with Crippen LogP contribution in [-0.2, 0) is 6.42 Å². The quantitative estimate of drug-likeness (QED) is 0.693. The summed E-state index contributed by atoms with van der Waals surface area (Å²) in [6.45, 7) is 2.59. The fourth-order valence-electron chi connectivity index (χ4n) is 2.80. The first-order valence-corrected chi connectivity index (χ1v) is 7.69. The molecule has 4 rings (SSSR count). The molecule has 1 aliphatic rings. The molecule has 0 aliphatic carbocycles. The van der Waals surface area contributed by atoms with Crippen LogP contribution in [0.25, 0.3) is 11.2 Å². The smallest absolute Gasteiger partial charge is 0.172 e. The van der Waals surface area contributed by atoms with E-state index in [4.69, 9.17) is 0 Å². The van der Waals surface area contributed by atoms with Crippen LogP contribution in [0.15, 0.2) is 54.1 Å². The van der Waals surface area contributed by atoms with E-state index in [1.807, 2.05) is 43.5 Å². The van der Waals surface area contributed by atoms with E-state index in [9.17, 15) is 4.79 Å². The Hall–Kier alpha value is -3.15. The lowest BCUT2D eigenvalue weighted by Gasteiger charge is -2.07. The van der Waals surface area contributed by atoms with Gasteiger partial charge < -0.3 is 0 Å². The molecule has 0 saturated carbocycles. The number of hydrogen-bond donors (Lipinski definition) is 0. The second-order valence-corrected chi connectivity index (χ2v) is 5.72. The molecule has 3 aromatic rings. The van der Waals surface area contributed by atoms with Crippen molar-refractivity contribution in [1.29, 1.82) is 0 Å². The summed E-state index contributed by atoms with van der Waals surface area (Å²) in [6.07, 6.45) is 7.31. The molecule has 118 valence electrons. The normalized spacial score (nSPS) is 13.9. The number of pyridine rings is 2. The van der Waals surface area contributed by atoms with E-state index in [2.05, 4.69) is 20.1 Å². The number of rotatable bonds is 4. The van der Waals surface area contributed by atoms with Crippen LogP contribution in [0.3, 0.4) is 0 Å². The lowest BCUT2D eigenvalue weighted by Crippen LogP contribution is -2.09. The van der Waals surface area contributed by atoms with E-state index in [1.165, 1.54) is 6.33 Å². The molecular formula is C18H15N5O. The van der Waals surface area contributed by atoms with Crippen LogP contribution in [0.2, 0.25) is 0 Å². The Bertz CT molecular complexity index is 985. The number of nitrogens with zero attached hydrogens (tertiary/aromatic N) is 5. The minimum absolute atomic E-state index is 0.0233. The van der Waals surface area contributed by atoms with Gasteiger partial charge in [-0.25, -0.2) is 9.50 Å². The summed E-state index contributed by atoms with van der Waals surface area (Å²) in [4.78, 5) is 25.6. The summed E-state index contributed by atoms with van der Waals surface area (Å²) in [7, 11) is 0. The molecule has 6 heteroatoms. The Morgan fingerprint density at radius 3 is 2.96 bits per heavy atom. The molecular weight excluding hydrogens is 302 g/mol. The average Bonchev–Trinajstić information content (AvgIpc) is 3.23. The van der Waals surface area contributed by atoms with Crippen molar-refractivity contribution >= 4 is 22.7 Å². The van der Waals surface area contributed by atoms with Crippen molar-refractivity contribution in [1.82, 2.24) is 19.6 Å². The highest BCUT2D eigenvalue weighted by Gasteiger charge is 2.17. The number of aliphatic imine (C=N–C) groups is 1. The van der Waals surface area contributed by atoms with E-state index in [-0.39, 0.29) is 12.2 Å². The molecule has 24 heavy (non-hydrogen) atoms. The molecule has 0 amide bonds. The van der Waals surface area contributed by atoms with Gasteiger partial charge in [0.1, 0.15) is 6.33 Å². The van der Waals surface area contributed by atoms with Crippen LogP contribution in [0.5, 0.6) is 0 Å². The number of hydrogen-bond acceptors (Lipinski definition) is 5. The molecule has 0 atom stereocenters. The van der Waals surface area contributed by atoms with Crippen molar-refractivity contribution in [3.05, 3.63) is 65.9 Å². The van der Waals surface area contributed by atoms with Gasteiger partial charge in [0, 0.05) is 23.8 Å². The van der Waals surface area contributed by atoms with Crippen molar-refractivity contribution in [2.24, 2.45) is 4.99 Å². The topological polar surface area (TPSA) is 72.5 Å². The van der Waals surface area contributed by atoms with Crippen LogP contribution >= 0.6 is 0 Å². The Morgan fingerprint density at radius 2 is 2.21 bits per heavy atom.